The summed E-state index contributed by atoms with van der Waals surface area (Å²) < 4.78 is 10.7. The molecule has 1 amide bonds. The van der Waals surface area contributed by atoms with E-state index in [9.17, 15) is 14.7 Å². The standard InChI is InChI=1S/C20H27NO5/c1-25-15-19(18(23)24)8-5-11-21(14-19)17(22)20(9-12-26-13-10-20)16-6-3-2-4-7-16/h2-4,6-7H,5,8-15H2,1H3,(H,23,24). The monoisotopic (exact) mass is 361 g/mol. The van der Waals surface area contributed by atoms with Crippen LogP contribution < -0.4 is 0 Å². The second-order valence-corrected chi connectivity index (χ2v) is 7.41. The van der Waals surface area contributed by atoms with Gasteiger partial charge in [-0.05, 0) is 31.2 Å². The molecule has 0 aromatic heterocycles. The first kappa shape index (κ1) is 18.9. The molecule has 0 aliphatic carbocycles. The number of nitrogens with zero attached hydrogens (tertiary/aromatic N) is 1. The largest absolute Gasteiger partial charge is 0.481 e. The Morgan fingerprint density at radius 3 is 2.50 bits per heavy atom. The molecular formula is C20H27NO5. The first-order chi connectivity index (χ1) is 12.5. The van der Waals surface area contributed by atoms with Gasteiger partial charge in [0.05, 0.1) is 12.0 Å². The van der Waals surface area contributed by atoms with E-state index < -0.39 is 16.8 Å². The SMILES string of the molecule is COCC1(C(=O)O)CCCN(C(=O)C2(c3ccccc3)CCOCC2)C1. The van der Waals surface area contributed by atoms with E-state index in [0.29, 0.717) is 45.4 Å². The Morgan fingerprint density at radius 2 is 1.88 bits per heavy atom. The number of aliphatic carboxylic acids is 1. The minimum atomic E-state index is -1.02. The highest BCUT2D eigenvalue weighted by Gasteiger charge is 2.49. The lowest BCUT2D eigenvalue weighted by Gasteiger charge is -2.45. The van der Waals surface area contributed by atoms with Gasteiger partial charge in [-0.2, -0.15) is 0 Å². The van der Waals surface area contributed by atoms with Gasteiger partial charge in [0.2, 0.25) is 5.91 Å². The third kappa shape index (κ3) is 3.35. The molecule has 1 atom stereocenters. The summed E-state index contributed by atoms with van der Waals surface area (Å²) in [7, 11) is 1.51. The quantitative estimate of drug-likeness (QED) is 0.869. The van der Waals surface area contributed by atoms with E-state index in [2.05, 4.69) is 0 Å². The molecule has 1 N–H and O–H groups in total. The summed E-state index contributed by atoms with van der Waals surface area (Å²) in [6.45, 7) is 1.98. The van der Waals surface area contributed by atoms with Gasteiger partial charge in [-0.3, -0.25) is 9.59 Å². The number of hydrogen-bond donors (Lipinski definition) is 1. The summed E-state index contributed by atoms with van der Waals surface area (Å²) in [5.74, 6) is -0.869. The van der Waals surface area contributed by atoms with Gasteiger partial charge in [0, 0.05) is 33.4 Å². The van der Waals surface area contributed by atoms with Crippen LogP contribution in [0.5, 0.6) is 0 Å². The number of hydrogen-bond acceptors (Lipinski definition) is 4. The smallest absolute Gasteiger partial charge is 0.313 e. The number of carboxylic acids is 1. The number of rotatable bonds is 5. The van der Waals surface area contributed by atoms with Gasteiger partial charge in [-0.1, -0.05) is 30.3 Å². The molecule has 2 aliphatic rings. The summed E-state index contributed by atoms with van der Waals surface area (Å²) >= 11 is 0. The number of carbonyl (C=O) groups excluding carboxylic acids is 1. The van der Waals surface area contributed by atoms with Gasteiger partial charge in [-0.15, -0.1) is 0 Å². The third-order valence-electron chi connectivity index (χ3n) is 5.82. The van der Waals surface area contributed by atoms with Crippen LogP contribution in [0.4, 0.5) is 0 Å². The maximum absolute atomic E-state index is 13.6. The van der Waals surface area contributed by atoms with Crippen LogP contribution in [0.1, 0.15) is 31.2 Å². The summed E-state index contributed by atoms with van der Waals surface area (Å²) in [6, 6.07) is 9.82. The van der Waals surface area contributed by atoms with E-state index in [0.717, 1.165) is 5.56 Å². The molecule has 0 radical (unpaired) electrons. The normalized spacial score (nSPS) is 25.7. The Labute approximate surface area is 154 Å². The van der Waals surface area contributed by atoms with Crippen LogP contribution in [-0.4, -0.2) is 61.9 Å². The zero-order valence-electron chi connectivity index (χ0n) is 15.3. The van der Waals surface area contributed by atoms with Crippen molar-refractivity contribution in [2.75, 3.05) is 40.0 Å². The molecule has 3 rings (SSSR count). The highest BCUT2D eigenvalue weighted by molar-refractivity contribution is 5.89. The van der Waals surface area contributed by atoms with E-state index in [1.54, 1.807) is 4.90 Å². The lowest BCUT2D eigenvalue weighted by molar-refractivity contribution is -0.161. The minimum Gasteiger partial charge on any atom is -0.481 e. The zero-order valence-corrected chi connectivity index (χ0v) is 15.3. The molecule has 0 bridgehead atoms. The van der Waals surface area contributed by atoms with E-state index in [4.69, 9.17) is 9.47 Å². The van der Waals surface area contributed by atoms with Crippen molar-refractivity contribution >= 4 is 11.9 Å². The predicted molar refractivity (Wildman–Crippen MR) is 95.9 cm³/mol. The Bertz CT molecular complexity index is 637. The van der Waals surface area contributed by atoms with Crippen LogP contribution >= 0.6 is 0 Å². The van der Waals surface area contributed by atoms with Crippen LogP contribution in [0.15, 0.2) is 30.3 Å². The predicted octanol–water partition coefficient (Wildman–Crippen LogP) is 2.07. The Morgan fingerprint density at radius 1 is 1.19 bits per heavy atom. The van der Waals surface area contributed by atoms with Gasteiger partial charge >= 0.3 is 5.97 Å². The van der Waals surface area contributed by atoms with E-state index >= 15 is 0 Å². The summed E-state index contributed by atoms with van der Waals surface area (Å²) in [5, 5.41) is 9.77. The van der Waals surface area contributed by atoms with Crippen molar-refractivity contribution in [1.29, 1.82) is 0 Å². The fourth-order valence-electron chi connectivity index (χ4n) is 4.34. The van der Waals surface area contributed by atoms with Crippen LogP contribution in [0.25, 0.3) is 0 Å². The number of carbonyl (C=O) groups is 2. The number of likely N-dealkylation sites (tertiary alicyclic amines) is 1. The van der Waals surface area contributed by atoms with Crippen molar-refractivity contribution in [3.63, 3.8) is 0 Å². The molecule has 2 saturated heterocycles. The van der Waals surface area contributed by atoms with Crippen molar-refractivity contribution < 1.29 is 24.2 Å². The maximum Gasteiger partial charge on any atom is 0.313 e. The van der Waals surface area contributed by atoms with Gasteiger partial charge in [0.1, 0.15) is 5.41 Å². The van der Waals surface area contributed by atoms with Crippen LogP contribution in [0.3, 0.4) is 0 Å². The molecule has 2 fully saturated rings. The average Bonchev–Trinajstić information content (AvgIpc) is 2.69. The first-order valence-electron chi connectivity index (χ1n) is 9.19. The van der Waals surface area contributed by atoms with Crippen molar-refractivity contribution in [2.24, 2.45) is 5.41 Å². The molecule has 6 nitrogen and oxygen atoms in total. The number of benzene rings is 1. The van der Waals surface area contributed by atoms with Crippen molar-refractivity contribution in [1.82, 2.24) is 4.90 Å². The second kappa shape index (κ2) is 7.76. The van der Waals surface area contributed by atoms with Crippen molar-refractivity contribution in [3.05, 3.63) is 35.9 Å². The molecular weight excluding hydrogens is 334 g/mol. The molecule has 2 heterocycles. The Hall–Kier alpha value is -1.92. The Kier molecular flexibility index (Phi) is 5.63. The molecule has 26 heavy (non-hydrogen) atoms. The zero-order chi connectivity index (χ0) is 18.6. The number of methoxy groups -OCH3 is 1. The summed E-state index contributed by atoms with van der Waals surface area (Å²) in [6.07, 6.45) is 2.44. The fourth-order valence-corrected chi connectivity index (χ4v) is 4.34. The molecule has 0 spiro atoms. The first-order valence-corrected chi connectivity index (χ1v) is 9.19. The van der Waals surface area contributed by atoms with Crippen LogP contribution in [-0.2, 0) is 24.5 Å². The number of carboxylic acid groups (broad SMARTS) is 1. The number of piperidine rings is 1. The van der Waals surface area contributed by atoms with Gasteiger partial charge < -0.3 is 19.5 Å². The molecule has 142 valence electrons. The molecule has 1 aromatic rings. The van der Waals surface area contributed by atoms with E-state index in [1.165, 1.54) is 7.11 Å². The van der Waals surface area contributed by atoms with E-state index in [-0.39, 0.29) is 19.1 Å². The minimum absolute atomic E-state index is 0.0217. The van der Waals surface area contributed by atoms with Gasteiger partial charge in [0.15, 0.2) is 0 Å². The fraction of sp³-hybridized carbons (Fsp3) is 0.600. The van der Waals surface area contributed by atoms with Crippen molar-refractivity contribution in [2.45, 2.75) is 31.1 Å². The molecule has 2 aliphatic heterocycles. The van der Waals surface area contributed by atoms with E-state index in [1.807, 2.05) is 30.3 Å². The molecule has 0 saturated carbocycles. The average molecular weight is 361 g/mol. The van der Waals surface area contributed by atoms with Gasteiger partial charge in [-0.25, -0.2) is 0 Å². The number of ether oxygens (including phenoxy) is 2. The third-order valence-corrected chi connectivity index (χ3v) is 5.82. The molecule has 6 heteroatoms. The Balaban J connectivity index is 1.91. The molecule has 1 unspecified atom stereocenters. The van der Waals surface area contributed by atoms with Crippen LogP contribution in [0, 0.1) is 5.41 Å². The molecule has 1 aromatic carbocycles. The van der Waals surface area contributed by atoms with Gasteiger partial charge in [0.25, 0.3) is 0 Å². The summed E-state index contributed by atoms with van der Waals surface area (Å²) in [5.41, 5.74) is -0.661. The lowest BCUT2D eigenvalue weighted by Crippen LogP contribution is -2.57. The summed E-state index contributed by atoms with van der Waals surface area (Å²) in [4.78, 5) is 27.3. The topological polar surface area (TPSA) is 76.1 Å². The highest BCUT2D eigenvalue weighted by Crippen LogP contribution is 2.39. The second-order valence-electron chi connectivity index (χ2n) is 7.41. The lowest BCUT2D eigenvalue weighted by atomic mass is 9.71. The maximum atomic E-state index is 13.6. The van der Waals surface area contributed by atoms with Crippen LogP contribution in [0.2, 0.25) is 0 Å². The van der Waals surface area contributed by atoms with Crippen molar-refractivity contribution in [3.8, 4) is 0 Å². The number of amides is 1. The highest BCUT2D eigenvalue weighted by atomic mass is 16.5.